The minimum absolute atomic E-state index is 1.12. The Bertz CT molecular complexity index is 127. The van der Waals surface area contributed by atoms with E-state index in [9.17, 15) is 0 Å². The van der Waals surface area contributed by atoms with Gasteiger partial charge in [-0.15, -0.1) is 0 Å². The molecule has 0 rings (SSSR count). The summed E-state index contributed by atoms with van der Waals surface area (Å²) < 4.78 is 0. The van der Waals surface area contributed by atoms with Crippen LogP contribution < -0.4 is 0 Å². The SMILES string of the molecule is CCC=C(C)C=C[C](C)C. The molecule has 1 radical (unpaired) electrons. The van der Waals surface area contributed by atoms with E-state index in [1.165, 1.54) is 11.5 Å². The Balaban J connectivity index is 3.77. The van der Waals surface area contributed by atoms with Crippen molar-refractivity contribution in [3.05, 3.63) is 29.7 Å². The van der Waals surface area contributed by atoms with Gasteiger partial charge in [-0.25, -0.2) is 0 Å². The first-order chi connectivity index (χ1) is 4.66. The van der Waals surface area contributed by atoms with Crippen molar-refractivity contribution in [1.82, 2.24) is 0 Å². The Hall–Kier alpha value is -0.520. The molecular formula is C10H17. The Labute approximate surface area is 64.6 Å². The van der Waals surface area contributed by atoms with Crippen LogP contribution in [0.25, 0.3) is 0 Å². The summed E-state index contributed by atoms with van der Waals surface area (Å²) in [5, 5.41) is 0. The average Bonchev–Trinajstić information content (AvgIpc) is 1.85. The molecule has 0 unspecified atom stereocenters. The first-order valence-corrected chi connectivity index (χ1v) is 3.81. The maximum Gasteiger partial charge on any atom is -0.00859 e. The van der Waals surface area contributed by atoms with Crippen molar-refractivity contribution >= 4 is 0 Å². The minimum atomic E-state index is 1.12. The van der Waals surface area contributed by atoms with Crippen LogP contribution in [0.2, 0.25) is 0 Å². The largest absolute Gasteiger partial charge is 0.0819 e. The van der Waals surface area contributed by atoms with Crippen LogP contribution in [0.1, 0.15) is 34.1 Å². The molecule has 0 aromatic carbocycles. The van der Waals surface area contributed by atoms with Crippen molar-refractivity contribution in [2.45, 2.75) is 34.1 Å². The highest BCUT2D eigenvalue weighted by Gasteiger charge is 1.84. The summed E-state index contributed by atoms with van der Waals surface area (Å²) in [6.07, 6.45) is 7.64. The third-order valence-corrected chi connectivity index (χ3v) is 1.21. The lowest BCUT2D eigenvalue weighted by atomic mass is 10.1. The van der Waals surface area contributed by atoms with Gasteiger partial charge in [-0.2, -0.15) is 0 Å². The molecule has 0 spiro atoms. The Kier molecular flexibility index (Phi) is 5.00. The van der Waals surface area contributed by atoms with Gasteiger partial charge in [-0.05, 0) is 19.3 Å². The lowest BCUT2D eigenvalue weighted by Gasteiger charge is -1.93. The van der Waals surface area contributed by atoms with Gasteiger partial charge in [0.2, 0.25) is 0 Å². The van der Waals surface area contributed by atoms with Crippen LogP contribution in [0, 0.1) is 5.92 Å². The number of allylic oxidation sites excluding steroid dienone is 4. The van der Waals surface area contributed by atoms with Crippen molar-refractivity contribution in [2.75, 3.05) is 0 Å². The molecule has 0 aromatic heterocycles. The highest BCUT2D eigenvalue weighted by atomic mass is 13.9. The van der Waals surface area contributed by atoms with E-state index >= 15 is 0 Å². The third kappa shape index (κ3) is 5.61. The molecule has 0 amide bonds. The van der Waals surface area contributed by atoms with Crippen LogP contribution in [0.5, 0.6) is 0 Å². The average molecular weight is 137 g/mol. The van der Waals surface area contributed by atoms with Gasteiger partial charge in [0.1, 0.15) is 0 Å². The fourth-order valence-corrected chi connectivity index (χ4v) is 0.688. The third-order valence-electron chi connectivity index (χ3n) is 1.21. The minimum Gasteiger partial charge on any atom is -0.0819 e. The van der Waals surface area contributed by atoms with Gasteiger partial charge >= 0.3 is 0 Å². The van der Waals surface area contributed by atoms with Gasteiger partial charge in [-0.1, -0.05) is 44.6 Å². The highest BCUT2D eigenvalue weighted by molar-refractivity contribution is 5.20. The van der Waals surface area contributed by atoms with Crippen molar-refractivity contribution < 1.29 is 0 Å². The van der Waals surface area contributed by atoms with Crippen molar-refractivity contribution in [1.29, 1.82) is 0 Å². The first-order valence-electron chi connectivity index (χ1n) is 3.81. The molecule has 0 heterocycles. The second kappa shape index (κ2) is 5.28. The zero-order chi connectivity index (χ0) is 7.98. The van der Waals surface area contributed by atoms with Gasteiger partial charge in [0, 0.05) is 0 Å². The fourth-order valence-electron chi connectivity index (χ4n) is 0.688. The van der Waals surface area contributed by atoms with Crippen LogP contribution in [0.3, 0.4) is 0 Å². The molecule has 0 aliphatic rings. The van der Waals surface area contributed by atoms with Gasteiger partial charge in [0.25, 0.3) is 0 Å². The van der Waals surface area contributed by atoms with E-state index in [0.717, 1.165) is 6.42 Å². The van der Waals surface area contributed by atoms with E-state index in [2.05, 4.69) is 45.9 Å². The van der Waals surface area contributed by atoms with Crippen molar-refractivity contribution in [2.24, 2.45) is 0 Å². The van der Waals surface area contributed by atoms with E-state index in [0.29, 0.717) is 0 Å². The van der Waals surface area contributed by atoms with Crippen LogP contribution in [0.4, 0.5) is 0 Å². The smallest absolute Gasteiger partial charge is 0.00859 e. The summed E-state index contributed by atoms with van der Waals surface area (Å²) in [4.78, 5) is 0. The lowest BCUT2D eigenvalue weighted by molar-refractivity contribution is 1.18. The molecule has 0 bridgehead atoms. The van der Waals surface area contributed by atoms with Crippen molar-refractivity contribution in [3.63, 3.8) is 0 Å². The highest BCUT2D eigenvalue weighted by Crippen LogP contribution is 2.02. The zero-order valence-corrected chi connectivity index (χ0v) is 7.44. The molecule has 0 saturated heterocycles. The van der Waals surface area contributed by atoms with E-state index in [1.54, 1.807) is 0 Å². The first kappa shape index (κ1) is 9.48. The topological polar surface area (TPSA) is 0 Å². The zero-order valence-electron chi connectivity index (χ0n) is 7.44. The number of hydrogen-bond acceptors (Lipinski definition) is 0. The number of hydrogen-bond donors (Lipinski definition) is 0. The molecule has 0 saturated carbocycles. The van der Waals surface area contributed by atoms with Gasteiger partial charge in [-0.3, -0.25) is 0 Å². The molecule has 0 aliphatic heterocycles. The Morgan fingerprint density at radius 2 is 1.70 bits per heavy atom. The van der Waals surface area contributed by atoms with Gasteiger partial charge in [0.15, 0.2) is 0 Å². The summed E-state index contributed by atoms with van der Waals surface area (Å²) in [6.45, 7) is 8.49. The quantitative estimate of drug-likeness (QED) is 0.522. The monoisotopic (exact) mass is 137 g/mol. The standard InChI is InChI=1S/C10H17/c1-5-6-10(4)8-7-9(2)3/h6-8H,5H2,1-4H3. The Morgan fingerprint density at radius 3 is 2.10 bits per heavy atom. The molecule has 0 fully saturated rings. The van der Waals surface area contributed by atoms with Crippen LogP contribution in [-0.2, 0) is 0 Å². The van der Waals surface area contributed by atoms with Gasteiger partial charge in [0.05, 0.1) is 0 Å². The van der Waals surface area contributed by atoms with Crippen LogP contribution in [-0.4, -0.2) is 0 Å². The molecule has 0 nitrogen and oxygen atoms in total. The van der Waals surface area contributed by atoms with Crippen LogP contribution >= 0.6 is 0 Å². The summed E-state index contributed by atoms with van der Waals surface area (Å²) in [5.74, 6) is 1.35. The molecule has 0 N–H and O–H groups in total. The predicted molar refractivity (Wildman–Crippen MR) is 47.8 cm³/mol. The maximum atomic E-state index is 2.22. The molecular weight excluding hydrogens is 120 g/mol. The van der Waals surface area contributed by atoms with Gasteiger partial charge < -0.3 is 0 Å². The normalized spacial score (nSPS) is 13.5. The van der Waals surface area contributed by atoms with E-state index in [-0.39, 0.29) is 0 Å². The van der Waals surface area contributed by atoms with Crippen molar-refractivity contribution in [3.8, 4) is 0 Å². The summed E-state index contributed by atoms with van der Waals surface area (Å²) in [6, 6.07) is 0. The Morgan fingerprint density at radius 1 is 1.10 bits per heavy atom. The van der Waals surface area contributed by atoms with E-state index in [1.807, 2.05) is 0 Å². The summed E-state index contributed by atoms with van der Waals surface area (Å²) in [7, 11) is 0. The summed E-state index contributed by atoms with van der Waals surface area (Å²) in [5.41, 5.74) is 1.35. The predicted octanol–water partition coefficient (Wildman–Crippen LogP) is 3.51. The molecule has 10 heavy (non-hydrogen) atoms. The second-order valence-corrected chi connectivity index (χ2v) is 2.77. The summed E-state index contributed by atoms with van der Waals surface area (Å²) >= 11 is 0. The second-order valence-electron chi connectivity index (χ2n) is 2.77. The fraction of sp³-hybridized carbons (Fsp3) is 0.500. The van der Waals surface area contributed by atoms with E-state index < -0.39 is 0 Å². The molecule has 57 valence electrons. The maximum absolute atomic E-state index is 2.22. The molecule has 0 heteroatoms. The lowest BCUT2D eigenvalue weighted by Crippen LogP contribution is -1.74. The molecule has 0 aliphatic carbocycles. The van der Waals surface area contributed by atoms with E-state index in [4.69, 9.17) is 0 Å². The molecule has 0 atom stereocenters. The van der Waals surface area contributed by atoms with Crippen LogP contribution in [0.15, 0.2) is 23.8 Å². The number of rotatable bonds is 3. The molecule has 0 aromatic rings.